The number of hydrogen-bond donors (Lipinski definition) is 3. The predicted octanol–water partition coefficient (Wildman–Crippen LogP) is 0.342. The Labute approximate surface area is 108 Å². The van der Waals surface area contributed by atoms with Crippen LogP contribution in [0.15, 0.2) is 12.5 Å². The van der Waals surface area contributed by atoms with Crippen LogP contribution in [0.25, 0.3) is 11.0 Å². The highest BCUT2D eigenvalue weighted by molar-refractivity contribution is 6.36. The Balaban J connectivity index is 2.22. The molecule has 0 aliphatic carbocycles. The van der Waals surface area contributed by atoms with Crippen LogP contribution in [0.5, 0.6) is 0 Å². The maximum atomic E-state index is 9.36. The summed E-state index contributed by atoms with van der Waals surface area (Å²) in [7, 11) is 0. The lowest BCUT2D eigenvalue weighted by molar-refractivity contribution is -0.132. The van der Waals surface area contributed by atoms with Crippen molar-refractivity contribution >= 4 is 28.5 Å². The van der Waals surface area contributed by atoms with E-state index in [9.17, 15) is 5.11 Å². The first-order valence-electron chi connectivity index (χ1n) is 5.29. The number of aliphatic hydroxyl groups excluding tert-OH is 2. The molecule has 8 heteroatoms. The minimum atomic E-state index is -1.04. The summed E-state index contributed by atoms with van der Waals surface area (Å²) in [5.74, 6) is 0.291. The van der Waals surface area contributed by atoms with Gasteiger partial charge in [0.05, 0.1) is 10.4 Å². The van der Waals surface area contributed by atoms with Crippen molar-refractivity contribution in [2.45, 2.75) is 19.4 Å². The first kappa shape index (κ1) is 13.0. The molecule has 2 rings (SSSR count). The van der Waals surface area contributed by atoms with Gasteiger partial charge in [-0.1, -0.05) is 11.6 Å². The van der Waals surface area contributed by atoms with Crippen molar-refractivity contribution in [2.75, 3.05) is 12.3 Å². The molecule has 2 heterocycles. The molecule has 0 aliphatic heterocycles. The van der Waals surface area contributed by atoms with Crippen molar-refractivity contribution in [3.05, 3.63) is 17.5 Å². The maximum absolute atomic E-state index is 9.36. The normalized spacial score (nSPS) is 13.1. The summed E-state index contributed by atoms with van der Waals surface area (Å²) in [6.45, 7) is -0.0929. The summed E-state index contributed by atoms with van der Waals surface area (Å²) in [4.78, 5) is 7.91. The predicted molar refractivity (Wildman–Crippen MR) is 65.7 cm³/mol. The SMILES string of the molecule is Nc1ncnc2c1c(Cl)cn2COC(O)CCO. The second-order valence-electron chi connectivity index (χ2n) is 3.67. The number of nitrogen functional groups attached to an aromatic ring is 1. The zero-order valence-corrected chi connectivity index (χ0v) is 10.2. The molecule has 0 fully saturated rings. The van der Waals surface area contributed by atoms with E-state index in [0.29, 0.717) is 21.9 Å². The topological polar surface area (TPSA) is 106 Å². The smallest absolute Gasteiger partial charge is 0.159 e. The Bertz CT molecular complexity index is 545. The largest absolute Gasteiger partial charge is 0.396 e. The first-order chi connectivity index (χ1) is 8.63. The Morgan fingerprint density at radius 3 is 3.00 bits per heavy atom. The summed E-state index contributed by atoms with van der Waals surface area (Å²) in [6.07, 6.45) is 2.03. The fourth-order valence-electron chi connectivity index (χ4n) is 1.56. The van der Waals surface area contributed by atoms with Gasteiger partial charge in [0.15, 0.2) is 6.29 Å². The van der Waals surface area contributed by atoms with Gasteiger partial charge < -0.3 is 25.3 Å². The fourth-order valence-corrected chi connectivity index (χ4v) is 1.86. The van der Waals surface area contributed by atoms with Gasteiger partial charge in [-0.15, -0.1) is 0 Å². The summed E-state index contributed by atoms with van der Waals surface area (Å²) >= 11 is 6.02. The second kappa shape index (κ2) is 5.49. The average Bonchev–Trinajstić information content (AvgIpc) is 2.65. The molecule has 98 valence electrons. The van der Waals surface area contributed by atoms with Crippen LogP contribution in [0.4, 0.5) is 5.82 Å². The van der Waals surface area contributed by atoms with E-state index in [0.717, 1.165) is 0 Å². The number of fused-ring (bicyclic) bond motifs is 1. The molecule has 0 aromatic carbocycles. The molecular weight excluding hydrogens is 260 g/mol. The van der Waals surface area contributed by atoms with Crippen molar-refractivity contribution in [2.24, 2.45) is 0 Å². The maximum Gasteiger partial charge on any atom is 0.159 e. The molecule has 0 radical (unpaired) electrons. The Hall–Kier alpha value is -1.41. The third kappa shape index (κ3) is 2.54. The van der Waals surface area contributed by atoms with E-state index in [1.807, 2.05) is 0 Å². The van der Waals surface area contributed by atoms with Crippen LogP contribution in [0.3, 0.4) is 0 Å². The van der Waals surface area contributed by atoms with Gasteiger partial charge in [-0.3, -0.25) is 0 Å². The summed E-state index contributed by atoms with van der Waals surface area (Å²) < 4.78 is 6.74. The minimum absolute atomic E-state index is 0.0564. The van der Waals surface area contributed by atoms with Crippen LogP contribution in [-0.2, 0) is 11.5 Å². The third-order valence-electron chi connectivity index (χ3n) is 2.42. The number of nitrogens with zero attached hydrogens (tertiary/aromatic N) is 3. The third-order valence-corrected chi connectivity index (χ3v) is 2.71. The van der Waals surface area contributed by atoms with Gasteiger partial charge in [0.1, 0.15) is 24.5 Å². The van der Waals surface area contributed by atoms with E-state index in [4.69, 9.17) is 27.2 Å². The van der Waals surface area contributed by atoms with E-state index >= 15 is 0 Å². The Kier molecular flexibility index (Phi) is 3.97. The van der Waals surface area contributed by atoms with Gasteiger partial charge in [0, 0.05) is 19.2 Å². The minimum Gasteiger partial charge on any atom is -0.396 e. The summed E-state index contributed by atoms with van der Waals surface area (Å²) in [5, 5.41) is 19.0. The quantitative estimate of drug-likeness (QED) is 0.678. The molecule has 18 heavy (non-hydrogen) atoms. The standard InChI is InChI=1S/C10H13ClN4O3/c11-6-3-15(5-18-7(17)1-2-16)10-8(6)9(12)13-4-14-10/h3-4,7,16-17H,1-2,5H2,(H2,12,13,14). The fraction of sp³-hybridized carbons (Fsp3) is 0.400. The van der Waals surface area contributed by atoms with Crippen molar-refractivity contribution in [3.8, 4) is 0 Å². The van der Waals surface area contributed by atoms with Gasteiger partial charge in [-0.2, -0.15) is 0 Å². The molecule has 2 aromatic heterocycles. The number of aliphatic hydroxyl groups is 2. The number of aromatic nitrogens is 3. The molecule has 0 amide bonds. The lowest BCUT2D eigenvalue weighted by atomic mass is 10.4. The van der Waals surface area contributed by atoms with E-state index in [2.05, 4.69) is 9.97 Å². The van der Waals surface area contributed by atoms with Gasteiger partial charge in [-0.25, -0.2) is 9.97 Å². The van der Waals surface area contributed by atoms with Crippen LogP contribution in [0, 0.1) is 0 Å². The number of hydrogen-bond acceptors (Lipinski definition) is 6. The number of rotatable bonds is 5. The zero-order valence-electron chi connectivity index (χ0n) is 9.45. The highest BCUT2D eigenvalue weighted by atomic mass is 35.5. The van der Waals surface area contributed by atoms with E-state index in [1.54, 1.807) is 10.8 Å². The summed E-state index contributed by atoms with van der Waals surface area (Å²) in [5.41, 5.74) is 6.23. The molecule has 4 N–H and O–H groups in total. The van der Waals surface area contributed by atoms with Crippen LogP contribution in [-0.4, -0.2) is 37.6 Å². The number of anilines is 1. The van der Waals surface area contributed by atoms with Crippen LogP contribution in [0.2, 0.25) is 5.02 Å². The lowest BCUT2D eigenvalue weighted by Gasteiger charge is -2.11. The van der Waals surface area contributed by atoms with E-state index < -0.39 is 6.29 Å². The number of halogens is 1. The highest BCUT2D eigenvalue weighted by Gasteiger charge is 2.12. The number of ether oxygens (including phenoxy) is 1. The molecule has 0 bridgehead atoms. The van der Waals surface area contributed by atoms with Gasteiger partial charge >= 0.3 is 0 Å². The molecule has 7 nitrogen and oxygen atoms in total. The van der Waals surface area contributed by atoms with Gasteiger partial charge in [0.25, 0.3) is 0 Å². The monoisotopic (exact) mass is 272 g/mol. The van der Waals surface area contributed by atoms with Crippen molar-refractivity contribution in [1.82, 2.24) is 14.5 Å². The molecule has 0 aliphatic rings. The molecule has 0 spiro atoms. The van der Waals surface area contributed by atoms with Crippen LogP contribution in [0.1, 0.15) is 6.42 Å². The van der Waals surface area contributed by atoms with Crippen LogP contribution >= 0.6 is 11.6 Å². The molecule has 1 atom stereocenters. The molecule has 2 aromatic rings. The molecule has 0 saturated carbocycles. The van der Waals surface area contributed by atoms with E-state index in [1.165, 1.54) is 6.33 Å². The van der Waals surface area contributed by atoms with Gasteiger partial charge in [0.2, 0.25) is 0 Å². The first-order valence-corrected chi connectivity index (χ1v) is 5.66. The zero-order chi connectivity index (χ0) is 13.1. The second-order valence-corrected chi connectivity index (χ2v) is 4.07. The molecule has 0 saturated heterocycles. The number of nitrogens with two attached hydrogens (primary N) is 1. The Morgan fingerprint density at radius 2 is 2.28 bits per heavy atom. The van der Waals surface area contributed by atoms with E-state index in [-0.39, 0.29) is 19.8 Å². The molecular formula is C10H13ClN4O3. The van der Waals surface area contributed by atoms with Crippen molar-refractivity contribution in [1.29, 1.82) is 0 Å². The average molecular weight is 273 g/mol. The van der Waals surface area contributed by atoms with Crippen molar-refractivity contribution in [3.63, 3.8) is 0 Å². The summed E-state index contributed by atoms with van der Waals surface area (Å²) in [6, 6.07) is 0. The van der Waals surface area contributed by atoms with Crippen molar-refractivity contribution < 1.29 is 14.9 Å². The van der Waals surface area contributed by atoms with Crippen LogP contribution < -0.4 is 5.73 Å². The molecule has 1 unspecified atom stereocenters. The van der Waals surface area contributed by atoms with Gasteiger partial charge in [-0.05, 0) is 0 Å². The highest BCUT2D eigenvalue weighted by Crippen LogP contribution is 2.27. The lowest BCUT2D eigenvalue weighted by Crippen LogP contribution is -2.16. The Morgan fingerprint density at radius 1 is 1.50 bits per heavy atom.